The molecule has 0 aliphatic carbocycles. The molecule has 1 amide bonds. The SMILES string of the molecule is CCNC(=NCC(=O)N1CCCCC1)N(C)Cc1ccc(SC)cc1.I. The molecule has 1 aliphatic heterocycles. The maximum Gasteiger partial charge on any atom is 0.244 e. The normalized spacial score (nSPS) is 14.6. The Bertz CT molecular complexity index is 573. The van der Waals surface area contributed by atoms with Gasteiger partial charge in [-0.05, 0) is 50.1 Å². The molecular weight excluding hydrogens is 459 g/mol. The summed E-state index contributed by atoms with van der Waals surface area (Å²) in [7, 11) is 2.01. The smallest absolute Gasteiger partial charge is 0.244 e. The molecule has 0 saturated carbocycles. The first-order valence-electron chi connectivity index (χ1n) is 9.04. The van der Waals surface area contributed by atoms with Gasteiger partial charge in [-0.15, -0.1) is 35.7 Å². The number of amides is 1. The van der Waals surface area contributed by atoms with Crippen molar-refractivity contribution in [3.05, 3.63) is 29.8 Å². The zero-order chi connectivity index (χ0) is 18.1. The van der Waals surface area contributed by atoms with Crippen molar-refractivity contribution in [3.63, 3.8) is 0 Å². The predicted molar refractivity (Wildman–Crippen MR) is 122 cm³/mol. The van der Waals surface area contributed by atoms with E-state index in [9.17, 15) is 4.79 Å². The van der Waals surface area contributed by atoms with Gasteiger partial charge < -0.3 is 15.1 Å². The Morgan fingerprint density at radius 1 is 1.23 bits per heavy atom. The lowest BCUT2D eigenvalue weighted by atomic mass is 10.1. The number of carbonyl (C=O) groups is 1. The molecule has 0 radical (unpaired) electrons. The van der Waals surface area contributed by atoms with Gasteiger partial charge in [-0.2, -0.15) is 0 Å². The van der Waals surface area contributed by atoms with Crippen LogP contribution < -0.4 is 5.32 Å². The first-order valence-corrected chi connectivity index (χ1v) is 10.3. The fraction of sp³-hybridized carbons (Fsp3) is 0.579. The fourth-order valence-corrected chi connectivity index (χ4v) is 3.34. The molecule has 0 unspecified atom stereocenters. The van der Waals surface area contributed by atoms with Crippen LogP contribution in [0.15, 0.2) is 34.2 Å². The van der Waals surface area contributed by atoms with Gasteiger partial charge in [0.1, 0.15) is 6.54 Å². The van der Waals surface area contributed by atoms with Crippen molar-refractivity contribution < 1.29 is 4.79 Å². The van der Waals surface area contributed by atoms with E-state index < -0.39 is 0 Å². The average Bonchev–Trinajstić information content (AvgIpc) is 2.66. The summed E-state index contributed by atoms with van der Waals surface area (Å²) < 4.78 is 0. The summed E-state index contributed by atoms with van der Waals surface area (Å²) in [5, 5.41) is 3.28. The summed E-state index contributed by atoms with van der Waals surface area (Å²) in [6.07, 6.45) is 5.53. The van der Waals surface area contributed by atoms with Gasteiger partial charge in [0.2, 0.25) is 5.91 Å². The second-order valence-corrected chi connectivity index (χ2v) is 7.20. The second-order valence-electron chi connectivity index (χ2n) is 6.32. The number of benzene rings is 1. The molecule has 1 saturated heterocycles. The number of carbonyl (C=O) groups excluding carboxylic acids is 1. The minimum atomic E-state index is 0. The van der Waals surface area contributed by atoms with Crippen LogP contribution in [0.4, 0.5) is 0 Å². The number of thioether (sulfide) groups is 1. The van der Waals surface area contributed by atoms with Gasteiger partial charge in [0, 0.05) is 38.1 Å². The summed E-state index contributed by atoms with van der Waals surface area (Å²) in [5.41, 5.74) is 1.23. The summed E-state index contributed by atoms with van der Waals surface area (Å²) >= 11 is 1.74. The maximum absolute atomic E-state index is 12.3. The number of hydrogen-bond donors (Lipinski definition) is 1. The van der Waals surface area contributed by atoms with E-state index in [0.29, 0.717) is 0 Å². The van der Waals surface area contributed by atoms with Gasteiger partial charge in [-0.25, -0.2) is 4.99 Å². The van der Waals surface area contributed by atoms with Crippen LogP contribution in [-0.2, 0) is 11.3 Å². The number of nitrogens with zero attached hydrogens (tertiary/aromatic N) is 3. The molecule has 1 fully saturated rings. The van der Waals surface area contributed by atoms with E-state index in [4.69, 9.17) is 0 Å². The van der Waals surface area contributed by atoms with Crippen molar-refractivity contribution in [1.82, 2.24) is 15.1 Å². The number of nitrogens with one attached hydrogen (secondary N) is 1. The van der Waals surface area contributed by atoms with Crippen molar-refractivity contribution in [2.45, 2.75) is 37.6 Å². The van der Waals surface area contributed by atoms with Crippen molar-refractivity contribution in [1.29, 1.82) is 0 Å². The van der Waals surface area contributed by atoms with E-state index in [1.807, 2.05) is 18.9 Å². The minimum absolute atomic E-state index is 0. The largest absolute Gasteiger partial charge is 0.357 e. The Hall–Kier alpha value is -0.960. The Morgan fingerprint density at radius 2 is 1.88 bits per heavy atom. The third-order valence-corrected chi connectivity index (χ3v) is 5.09. The predicted octanol–water partition coefficient (Wildman–Crippen LogP) is 3.44. The van der Waals surface area contributed by atoms with Crippen LogP contribution in [0.5, 0.6) is 0 Å². The lowest BCUT2D eigenvalue weighted by Gasteiger charge is -2.27. The molecule has 0 bridgehead atoms. The highest BCUT2D eigenvalue weighted by atomic mass is 127. The topological polar surface area (TPSA) is 47.9 Å². The van der Waals surface area contributed by atoms with Gasteiger partial charge in [-0.3, -0.25) is 4.79 Å². The number of aliphatic imine (C=N–C) groups is 1. The lowest BCUT2D eigenvalue weighted by Crippen LogP contribution is -2.41. The molecule has 1 N–H and O–H groups in total. The fourth-order valence-electron chi connectivity index (χ4n) is 2.94. The van der Waals surface area contributed by atoms with Crippen LogP contribution in [-0.4, -0.2) is 61.1 Å². The van der Waals surface area contributed by atoms with Crippen LogP contribution in [0.25, 0.3) is 0 Å². The van der Waals surface area contributed by atoms with Crippen molar-refractivity contribution >= 4 is 47.6 Å². The van der Waals surface area contributed by atoms with Gasteiger partial charge >= 0.3 is 0 Å². The van der Waals surface area contributed by atoms with Crippen LogP contribution >= 0.6 is 35.7 Å². The van der Waals surface area contributed by atoms with E-state index >= 15 is 0 Å². The van der Waals surface area contributed by atoms with Crippen LogP contribution in [0, 0.1) is 0 Å². The molecule has 0 spiro atoms. The zero-order valence-corrected chi connectivity index (χ0v) is 19.2. The highest BCUT2D eigenvalue weighted by Crippen LogP contribution is 2.15. The van der Waals surface area contributed by atoms with Crippen molar-refractivity contribution in [2.75, 3.05) is 39.5 Å². The monoisotopic (exact) mass is 490 g/mol. The number of guanidine groups is 1. The van der Waals surface area contributed by atoms with E-state index in [0.717, 1.165) is 45.0 Å². The Kier molecular flexibility index (Phi) is 11.0. The molecule has 7 heteroatoms. The van der Waals surface area contributed by atoms with E-state index in [1.165, 1.54) is 16.9 Å². The van der Waals surface area contributed by atoms with E-state index in [1.54, 1.807) is 11.8 Å². The van der Waals surface area contributed by atoms with Crippen LogP contribution in [0.1, 0.15) is 31.7 Å². The molecule has 2 rings (SSSR count). The summed E-state index contributed by atoms with van der Waals surface area (Å²) in [6, 6.07) is 8.56. The zero-order valence-electron chi connectivity index (χ0n) is 16.0. The molecule has 0 atom stereocenters. The standard InChI is InChI=1S/C19H30N4OS.HI/c1-4-20-19(21-14-18(24)23-12-6-5-7-13-23)22(2)15-16-8-10-17(25-3)11-9-16;/h8-11H,4-7,12-15H2,1-3H3,(H,20,21);1H. The maximum atomic E-state index is 12.3. The molecule has 146 valence electrons. The van der Waals surface area contributed by atoms with E-state index in [2.05, 4.69) is 45.7 Å². The Labute approximate surface area is 179 Å². The van der Waals surface area contributed by atoms with Gasteiger partial charge in [0.05, 0.1) is 0 Å². The number of likely N-dealkylation sites (tertiary alicyclic amines) is 1. The summed E-state index contributed by atoms with van der Waals surface area (Å²) in [6.45, 7) is 5.57. The summed E-state index contributed by atoms with van der Waals surface area (Å²) in [5.74, 6) is 0.912. The molecule has 5 nitrogen and oxygen atoms in total. The van der Waals surface area contributed by atoms with Gasteiger partial charge in [0.25, 0.3) is 0 Å². The van der Waals surface area contributed by atoms with Gasteiger partial charge in [0.15, 0.2) is 5.96 Å². The highest BCUT2D eigenvalue weighted by Gasteiger charge is 2.16. The van der Waals surface area contributed by atoms with Crippen molar-refractivity contribution in [3.8, 4) is 0 Å². The number of halogens is 1. The van der Waals surface area contributed by atoms with Crippen LogP contribution in [0.2, 0.25) is 0 Å². The number of hydrogen-bond acceptors (Lipinski definition) is 3. The Morgan fingerprint density at radius 3 is 2.46 bits per heavy atom. The average molecular weight is 490 g/mol. The van der Waals surface area contributed by atoms with Crippen molar-refractivity contribution in [2.24, 2.45) is 4.99 Å². The molecule has 1 aromatic carbocycles. The first-order chi connectivity index (χ1) is 12.1. The van der Waals surface area contributed by atoms with Crippen LogP contribution in [0.3, 0.4) is 0 Å². The molecule has 26 heavy (non-hydrogen) atoms. The highest BCUT2D eigenvalue weighted by molar-refractivity contribution is 14.0. The number of rotatable bonds is 6. The van der Waals surface area contributed by atoms with E-state index in [-0.39, 0.29) is 36.4 Å². The molecule has 1 aliphatic rings. The molecule has 1 heterocycles. The Balaban J connectivity index is 0.00000338. The first kappa shape index (κ1) is 23.1. The second kappa shape index (κ2) is 12.4. The summed E-state index contributed by atoms with van der Waals surface area (Å²) in [4.78, 5) is 22.2. The third kappa shape index (κ3) is 7.34. The minimum Gasteiger partial charge on any atom is -0.357 e. The molecular formula is C19H31IN4OS. The quantitative estimate of drug-likeness (QED) is 0.287. The third-order valence-electron chi connectivity index (χ3n) is 4.35. The molecule has 0 aromatic heterocycles. The lowest BCUT2D eigenvalue weighted by molar-refractivity contribution is -0.130. The molecule has 1 aromatic rings. The number of piperidine rings is 1. The van der Waals surface area contributed by atoms with Gasteiger partial charge in [-0.1, -0.05) is 12.1 Å².